The van der Waals surface area contributed by atoms with Crippen LogP contribution in [0.5, 0.6) is 0 Å². The van der Waals surface area contributed by atoms with E-state index < -0.39 is 0 Å². The van der Waals surface area contributed by atoms with Gasteiger partial charge in [-0.3, -0.25) is 0 Å². The molecule has 1 aliphatic heterocycles. The van der Waals surface area contributed by atoms with E-state index in [0.29, 0.717) is 0 Å². The van der Waals surface area contributed by atoms with Gasteiger partial charge in [-0.25, -0.2) is 0 Å². The third-order valence-electron chi connectivity index (χ3n) is 4.35. The fourth-order valence-electron chi connectivity index (χ4n) is 3.02. The molecule has 0 fully saturated rings. The average Bonchev–Trinajstić information content (AvgIpc) is 2.83. The van der Waals surface area contributed by atoms with Gasteiger partial charge in [0.2, 0.25) is 0 Å². The number of anilines is 2. The monoisotopic (exact) mass is 280 g/mol. The number of benzene rings is 2. The molecule has 2 N–H and O–H groups in total. The van der Waals surface area contributed by atoms with Crippen molar-refractivity contribution in [1.29, 1.82) is 0 Å². The Morgan fingerprint density at radius 2 is 1.76 bits per heavy atom. The Hall–Kier alpha value is -1.96. The summed E-state index contributed by atoms with van der Waals surface area (Å²) in [5.74, 6) is 0. The third-order valence-corrected chi connectivity index (χ3v) is 4.35. The summed E-state index contributed by atoms with van der Waals surface area (Å²) in [6.07, 6.45) is 1.06. The summed E-state index contributed by atoms with van der Waals surface area (Å²) in [6, 6.07) is 15.3. The standard InChI is InChI=1S/C19H24N2/c1-19(2,3)15-9-7-14(8-10-15)13-21-12-11-16-17(20)5-4-6-18(16)21/h4-10H,11-13,20H2,1-3H3. The van der Waals surface area contributed by atoms with Crippen molar-refractivity contribution in [3.8, 4) is 0 Å². The molecule has 3 rings (SSSR count). The summed E-state index contributed by atoms with van der Waals surface area (Å²) in [7, 11) is 0. The van der Waals surface area contributed by atoms with E-state index in [0.717, 1.165) is 25.2 Å². The van der Waals surface area contributed by atoms with E-state index in [1.165, 1.54) is 22.4 Å². The highest BCUT2D eigenvalue weighted by atomic mass is 15.1. The second kappa shape index (κ2) is 5.10. The molecule has 0 spiro atoms. The van der Waals surface area contributed by atoms with Crippen LogP contribution >= 0.6 is 0 Å². The van der Waals surface area contributed by atoms with Crippen LogP contribution in [0.4, 0.5) is 11.4 Å². The maximum absolute atomic E-state index is 6.07. The molecule has 0 saturated heterocycles. The van der Waals surface area contributed by atoms with Gasteiger partial charge in [0.1, 0.15) is 0 Å². The van der Waals surface area contributed by atoms with Crippen molar-refractivity contribution in [2.24, 2.45) is 0 Å². The van der Waals surface area contributed by atoms with Crippen LogP contribution in [0.1, 0.15) is 37.5 Å². The van der Waals surface area contributed by atoms with Crippen LogP contribution in [0.3, 0.4) is 0 Å². The lowest BCUT2D eigenvalue weighted by Crippen LogP contribution is -2.19. The SMILES string of the molecule is CC(C)(C)c1ccc(CN2CCc3c(N)cccc32)cc1. The number of nitrogen functional groups attached to an aromatic ring is 1. The molecule has 1 aliphatic rings. The summed E-state index contributed by atoms with van der Waals surface area (Å²) in [5.41, 5.74) is 12.6. The lowest BCUT2D eigenvalue weighted by Gasteiger charge is -2.22. The highest BCUT2D eigenvalue weighted by molar-refractivity contribution is 5.68. The number of fused-ring (bicyclic) bond motifs is 1. The van der Waals surface area contributed by atoms with Crippen molar-refractivity contribution in [1.82, 2.24) is 0 Å². The summed E-state index contributed by atoms with van der Waals surface area (Å²) in [6.45, 7) is 8.77. The molecule has 2 nitrogen and oxygen atoms in total. The van der Waals surface area contributed by atoms with Gasteiger partial charge in [-0.15, -0.1) is 0 Å². The van der Waals surface area contributed by atoms with Gasteiger partial charge in [0.15, 0.2) is 0 Å². The quantitative estimate of drug-likeness (QED) is 0.838. The van der Waals surface area contributed by atoms with E-state index in [-0.39, 0.29) is 5.41 Å². The Kier molecular flexibility index (Phi) is 3.40. The highest BCUT2D eigenvalue weighted by Gasteiger charge is 2.21. The van der Waals surface area contributed by atoms with Crippen LogP contribution in [0, 0.1) is 0 Å². The van der Waals surface area contributed by atoms with Crippen molar-refractivity contribution < 1.29 is 0 Å². The molecule has 0 atom stereocenters. The number of nitrogens with two attached hydrogens (primary N) is 1. The molecule has 0 unspecified atom stereocenters. The molecule has 110 valence electrons. The van der Waals surface area contributed by atoms with Crippen molar-refractivity contribution >= 4 is 11.4 Å². The highest BCUT2D eigenvalue weighted by Crippen LogP contribution is 2.33. The largest absolute Gasteiger partial charge is 0.398 e. The van der Waals surface area contributed by atoms with Crippen LogP contribution in [-0.4, -0.2) is 6.54 Å². The zero-order valence-corrected chi connectivity index (χ0v) is 13.2. The molecule has 2 aromatic rings. The van der Waals surface area contributed by atoms with Crippen LogP contribution in [0.15, 0.2) is 42.5 Å². The lowest BCUT2D eigenvalue weighted by atomic mass is 9.87. The Bertz CT molecular complexity index is 636. The molecule has 0 aromatic heterocycles. The molecule has 21 heavy (non-hydrogen) atoms. The minimum Gasteiger partial charge on any atom is -0.398 e. The van der Waals surface area contributed by atoms with E-state index in [9.17, 15) is 0 Å². The van der Waals surface area contributed by atoms with Crippen LogP contribution in [0.25, 0.3) is 0 Å². The number of hydrogen-bond donors (Lipinski definition) is 1. The minimum absolute atomic E-state index is 0.216. The minimum atomic E-state index is 0.216. The molecular formula is C19H24N2. The molecule has 0 saturated carbocycles. The van der Waals surface area contributed by atoms with Gasteiger partial charge in [-0.1, -0.05) is 51.1 Å². The van der Waals surface area contributed by atoms with Crippen LogP contribution < -0.4 is 10.6 Å². The predicted octanol–water partition coefficient (Wildman–Crippen LogP) is 4.13. The normalized spacial score (nSPS) is 14.3. The summed E-state index contributed by atoms with van der Waals surface area (Å²) < 4.78 is 0. The molecule has 0 bridgehead atoms. The van der Waals surface area contributed by atoms with Crippen molar-refractivity contribution in [3.63, 3.8) is 0 Å². The first kappa shape index (κ1) is 14.0. The maximum Gasteiger partial charge on any atom is 0.0429 e. The van der Waals surface area contributed by atoms with E-state index in [1.807, 2.05) is 6.07 Å². The predicted molar refractivity (Wildman–Crippen MR) is 90.8 cm³/mol. The van der Waals surface area contributed by atoms with Gasteiger partial charge in [0.05, 0.1) is 0 Å². The molecule has 1 heterocycles. The first-order valence-corrected chi connectivity index (χ1v) is 7.67. The summed E-state index contributed by atoms with van der Waals surface area (Å²) >= 11 is 0. The molecule has 0 radical (unpaired) electrons. The Labute approximate surface area is 127 Å². The van der Waals surface area contributed by atoms with Gasteiger partial charge in [0.25, 0.3) is 0 Å². The first-order chi connectivity index (χ1) is 9.95. The summed E-state index contributed by atoms with van der Waals surface area (Å²) in [4.78, 5) is 2.43. The lowest BCUT2D eigenvalue weighted by molar-refractivity contribution is 0.590. The van der Waals surface area contributed by atoms with E-state index in [2.05, 4.69) is 62.1 Å². The molecular weight excluding hydrogens is 256 g/mol. The van der Waals surface area contributed by atoms with Crippen molar-refractivity contribution in [2.45, 2.75) is 39.2 Å². The second-order valence-corrected chi connectivity index (χ2v) is 6.96. The molecule has 0 aliphatic carbocycles. The summed E-state index contributed by atoms with van der Waals surface area (Å²) in [5, 5.41) is 0. The van der Waals surface area contributed by atoms with E-state index in [1.54, 1.807) is 0 Å². The number of nitrogens with zero attached hydrogens (tertiary/aromatic N) is 1. The number of rotatable bonds is 2. The second-order valence-electron chi connectivity index (χ2n) is 6.96. The smallest absolute Gasteiger partial charge is 0.0429 e. The van der Waals surface area contributed by atoms with Gasteiger partial charge in [-0.05, 0) is 35.1 Å². The van der Waals surface area contributed by atoms with Crippen LogP contribution in [-0.2, 0) is 18.4 Å². The Balaban J connectivity index is 1.79. The zero-order chi connectivity index (χ0) is 15.0. The van der Waals surface area contributed by atoms with Gasteiger partial charge < -0.3 is 10.6 Å². The van der Waals surface area contributed by atoms with Crippen LogP contribution in [0.2, 0.25) is 0 Å². The van der Waals surface area contributed by atoms with Crippen molar-refractivity contribution in [3.05, 3.63) is 59.2 Å². The van der Waals surface area contributed by atoms with Crippen molar-refractivity contribution in [2.75, 3.05) is 17.2 Å². The van der Waals surface area contributed by atoms with Gasteiger partial charge in [-0.2, -0.15) is 0 Å². The number of hydrogen-bond acceptors (Lipinski definition) is 2. The Morgan fingerprint density at radius 1 is 1.05 bits per heavy atom. The maximum atomic E-state index is 6.07. The molecule has 2 heteroatoms. The van der Waals surface area contributed by atoms with E-state index in [4.69, 9.17) is 5.73 Å². The van der Waals surface area contributed by atoms with E-state index >= 15 is 0 Å². The fraction of sp³-hybridized carbons (Fsp3) is 0.368. The topological polar surface area (TPSA) is 29.3 Å². The average molecular weight is 280 g/mol. The molecule has 0 amide bonds. The first-order valence-electron chi connectivity index (χ1n) is 7.67. The fourth-order valence-corrected chi connectivity index (χ4v) is 3.02. The molecule has 2 aromatic carbocycles. The zero-order valence-electron chi connectivity index (χ0n) is 13.2. The third kappa shape index (κ3) is 2.76. The Morgan fingerprint density at radius 3 is 2.43 bits per heavy atom. The van der Waals surface area contributed by atoms with Gasteiger partial charge >= 0.3 is 0 Å². The van der Waals surface area contributed by atoms with Gasteiger partial charge in [0, 0.05) is 30.0 Å².